The van der Waals surface area contributed by atoms with Crippen LogP contribution < -0.4 is 10.6 Å². The first kappa shape index (κ1) is 25.1. The van der Waals surface area contributed by atoms with Crippen LogP contribution in [-0.2, 0) is 18.3 Å². The topological polar surface area (TPSA) is 76.4 Å². The number of aliphatic imine (C=N–C) groups is 1. The first-order valence-corrected chi connectivity index (χ1v) is 10.5. The minimum Gasteiger partial charge on any atom is -0.382 e. The summed E-state index contributed by atoms with van der Waals surface area (Å²) < 4.78 is 7.39. The lowest BCUT2D eigenvalue weighted by Crippen LogP contribution is -2.39. The largest absolute Gasteiger partial charge is 0.382 e. The number of aryl methyl sites for hydroxylation is 1. The van der Waals surface area contributed by atoms with Gasteiger partial charge in [-0.25, -0.2) is 4.99 Å². The van der Waals surface area contributed by atoms with Gasteiger partial charge in [0.2, 0.25) is 0 Å². The highest BCUT2D eigenvalue weighted by Gasteiger charge is 2.10. The van der Waals surface area contributed by atoms with E-state index in [-0.39, 0.29) is 30.0 Å². The minimum atomic E-state index is 0. The molecule has 168 valence electrons. The summed E-state index contributed by atoms with van der Waals surface area (Å²) in [6, 6.07) is 15.1. The van der Waals surface area contributed by atoms with Crippen LogP contribution in [0.5, 0.6) is 0 Å². The van der Waals surface area contributed by atoms with E-state index in [9.17, 15) is 0 Å². The molecule has 0 saturated heterocycles. The van der Waals surface area contributed by atoms with Crippen molar-refractivity contribution in [3.8, 4) is 0 Å². The van der Waals surface area contributed by atoms with Crippen molar-refractivity contribution in [1.82, 2.24) is 25.4 Å². The molecular formula is C23H33IN6O. The molecule has 8 heteroatoms. The van der Waals surface area contributed by atoms with Crippen molar-refractivity contribution < 1.29 is 4.74 Å². The maximum absolute atomic E-state index is 5.43. The van der Waals surface area contributed by atoms with Gasteiger partial charge in [-0.15, -0.1) is 34.2 Å². The SMILES string of the molecule is CCOCCCNC(=NCc1nnc(C)n1C)NC(C)c1ccc2ccccc2c1.I. The summed E-state index contributed by atoms with van der Waals surface area (Å²) in [6.07, 6.45) is 0.919. The van der Waals surface area contributed by atoms with E-state index in [4.69, 9.17) is 9.73 Å². The number of aromatic nitrogens is 3. The van der Waals surface area contributed by atoms with E-state index >= 15 is 0 Å². The highest BCUT2D eigenvalue weighted by atomic mass is 127. The Balaban J connectivity index is 0.00000341. The Labute approximate surface area is 201 Å². The average Bonchev–Trinajstić information content (AvgIpc) is 3.08. The van der Waals surface area contributed by atoms with E-state index in [0.29, 0.717) is 6.54 Å². The van der Waals surface area contributed by atoms with Gasteiger partial charge in [0.15, 0.2) is 11.8 Å². The Kier molecular flexibility index (Phi) is 10.2. The summed E-state index contributed by atoms with van der Waals surface area (Å²) in [6.45, 7) is 8.82. The number of rotatable bonds is 9. The fraction of sp³-hybridized carbons (Fsp3) is 0.435. The van der Waals surface area contributed by atoms with Crippen molar-refractivity contribution in [2.45, 2.75) is 39.8 Å². The maximum atomic E-state index is 5.43. The van der Waals surface area contributed by atoms with Crippen LogP contribution in [0.25, 0.3) is 10.8 Å². The van der Waals surface area contributed by atoms with Crippen molar-refractivity contribution in [2.75, 3.05) is 19.8 Å². The van der Waals surface area contributed by atoms with Gasteiger partial charge in [-0.3, -0.25) is 0 Å². The third kappa shape index (κ3) is 7.17. The summed E-state index contributed by atoms with van der Waals surface area (Å²) in [5.41, 5.74) is 1.21. The first-order chi connectivity index (χ1) is 14.6. The third-order valence-electron chi connectivity index (χ3n) is 5.15. The predicted molar refractivity (Wildman–Crippen MR) is 137 cm³/mol. The molecule has 2 aromatic carbocycles. The molecule has 0 saturated carbocycles. The van der Waals surface area contributed by atoms with Crippen LogP contribution in [0, 0.1) is 6.92 Å². The van der Waals surface area contributed by atoms with E-state index in [1.54, 1.807) is 0 Å². The molecule has 0 aliphatic heterocycles. The molecular weight excluding hydrogens is 503 g/mol. The van der Waals surface area contributed by atoms with E-state index in [0.717, 1.165) is 43.8 Å². The van der Waals surface area contributed by atoms with Gasteiger partial charge in [-0.2, -0.15) is 0 Å². The second-order valence-electron chi connectivity index (χ2n) is 7.34. The molecule has 7 nitrogen and oxygen atoms in total. The number of guanidine groups is 1. The third-order valence-corrected chi connectivity index (χ3v) is 5.15. The van der Waals surface area contributed by atoms with Gasteiger partial charge in [-0.05, 0) is 49.6 Å². The average molecular weight is 536 g/mol. The zero-order chi connectivity index (χ0) is 21.3. The second-order valence-corrected chi connectivity index (χ2v) is 7.34. The Hall–Kier alpha value is -2.20. The summed E-state index contributed by atoms with van der Waals surface area (Å²) in [5.74, 6) is 2.47. The molecule has 0 fully saturated rings. The van der Waals surface area contributed by atoms with Crippen LogP contribution in [0.2, 0.25) is 0 Å². The summed E-state index contributed by atoms with van der Waals surface area (Å²) in [5, 5.41) is 17.7. The van der Waals surface area contributed by atoms with Crippen LogP contribution in [0.1, 0.15) is 43.5 Å². The molecule has 3 rings (SSSR count). The van der Waals surface area contributed by atoms with Crippen molar-refractivity contribution in [2.24, 2.45) is 12.0 Å². The molecule has 1 unspecified atom stereocenters. The number of ether oxygens (including phenoxy) is 1. The van der Waals surface area contributed by atoms with Crippen LogP contribution in [0.15, 0.2) is 47.5 Å². The molecule has 1 atom stereocenters. The molecule has 1 aromatic heterocycles. The number of nitrogens with one attached hydrogen (secondary N) is 2. The van der Waals surface area contributed by atoms with Crippen molar-refractivity contribution >= 4 is 40.7 Å². The lowest BCUT2D eigenvalue weighted by molar-refractivity contribution is 0.145. The Bertz CT molecular complexity index is 987. The van der Waals surface area contributed by atoms with E-state index in [1.807, 2.05) is 25.5 Å². The van der Waals surface area contributed by atoms with Gasteiger partial charge in [0.1, 0.15) is 12.4 Å². The van der Waals surface area contributed by atoms with Crippen LogP contribution >= 0.6 is 24.0 Å². The molecule has 0 aliphatic carbocycles. The monoisotopic (exact) mass is 536 g/mol. The fourth-order valence-corrected chi connectivity index (χ4v) is 3.18. The molecule has 0 amide bonds. The zero-order valence-electron chi connectivity index (χ0n) is 18.8. The van der Waals surface area contributed by atoms with Crippen LogP contribution in [0.4, 0.5) is 0 Å². The molecule has 3 aromatic rings. The Morgan fingerprint density at radius 2 is 1.94 bits per heavy atom. The van der Waals surface area contributed by atoms with Gasteiger partial charge >= 0.3 is 0 Å². The number of benzene rings is 2. The van der Waals surface area contributed by atoms with E-state index < -0.39 is 0 Å². The maximum Gasteiger partial charge on any atom is 0.192 e. The molecule has 0 spiro atoms. The zero-order valence-corrected chi connectivity index (χ0v) is 21.1. The molecule has 0 radical (unpaired) electrons. The second kappa shape index (κ2) is 12.6. The van der Waals surface area contributed by atoms with Crippen molar-refractivity contribution in [3.05, 3.63) is 59.7 Å². The van der Waals surface area contributed by atoms with Crippen molar-refractivity contribution in [3.63, 3.8) is 0 Å². The summed E-state index contributed by atoms with van der Waals surface area (Å²) in [7, 11) is 1.96. The number of hydrogen-bond acceptors (Lipinski definition) is 4. The predicted octanol–water partition coefficient (Wildman–Crippen LogP) is 4.12. The summed E-state index contributed by atoms with van der Waals surface area (Å²) in [4.78, 5) is 4.74. The smallest absolute Gasteiger partial charge is 0.192 e. The van der Waals surface area contributed by atoms with E-state index in [2.05, 4.69) is 70.2 Å². The molecule has 31 heavy (non-hydrogen) atoms. The number of nitrogens with zero attached hydrogens (tertiary/aromatic N) is 4. The number of hydrogen-bond donors (Lipinski definition) is 2. The quantitative estimate of drug-likeness (QED) is 0.186. The van der Waals surface area contributed by atoms with Crippen LogP contribution in [-0.4, -0.2) is 40.5 Å². The van der Waals surface area contributed by atoms with Gasteiger partial charge in [-0.1, -0.05) is 36.4 Å². The normalized spacial score (nSPS) is 12.5. The molecule has 0 aliphatic rings. The highest BCUT2D eigenvalue weighted by molar-refractivity contribution is 14.0. The van der Waals surface area contributed by atoms with Crippen molar-refractivity contribution in [1.29, 1.82) is 0 Å². The highest BCUT2D eigenvalue weighted by Crippen LogP contribution is 2.20. The molecule has 0 bridgehead atoms. The van der Waals surface area contributed by atoms with Crippen LogP contribution in [0.3, 0.4) is 0 Å². The molecule has 1 heterocycles. The standard InChI is InChI=1S/C23H32N6O.HI/c1-5-30-14-8-13-24-23(25-16-22-28-27-18(3)29(22)4)26-17(2)20-12-11-19-9-6-7-10-21(19)15-20;/h6-7,9-12,15,17H,5,8,13-14,16H2,1-4H3,(H2,24,25,26);1H. The van der Waals surface area contributed by atoms with E-state index in [1.165, 1.54) is 16.3 Å². The fourth-order valence-electron chi connectivity index (χ4n) is 3.18. The van der Waals surface area contributed by atoms with Gasteiger partial charge in [0.25, 0.3) is 0 Å². The van der Waals surface area contributed by atoms with Gasteiger partial charge < -0.3 is 19.9 Å². The lowest BCUT2D eigenvalue weighted by atomic mass is 10.0. The van der Waals surface area contributed by atoms with Gasteiger partial charge in [0.05, 0.1) is 6.04 Å². The summed E-state index contributed by atoms with van der Waals surface area (Å²) >= 11 is 0. The van der Waals surface area contributed by atoms with Gasteiger partial charge in [0, 0.05) is 26.8 Å². The minimum absolute atomic E-state index is 0. The first-order valence-electron chi connectivity index (χ1n) is 10.5. The Morgan fingerprint density at radius 1 is 1.16 bits per heavy atom. The Morgan fingerprint density at radius 3 is 2.65 bits per heavy atom. The number of fused-ring (bicyclic) bond motifs is 1. The molecule has 2 N–H and O–H groups in total. The lowest BCUT2D eigenvalue weighted by Gasteiger charge is -2.19. The number of halogens is 1.